The number of nitrogens with one attached hydrogen (secondary N) is 2. The van der Waals surface area contributed by atoms with Crippen LogP contribution in [0.1, 0.15) is 26.6 Å². The maximum atomic E-state index is 12.1. The summed E-state index contributed by atoms with van der Waals surface area (Å²) < 4.78 is 0. The van der Waals surface area contributed by atoms with E-state index in [-0.39, 0.29) is 23.7 Å². The molecule has 0 bridgehead atoms. The molecule has 6 nitrogen and oxygen atoms in total. The van der Waals surface area contributed by atoms with Crippen molar-refractivity contribution in [3.63, 3.8) is 0 Å². The molecule has 0 fully saturated rings. The molecule has 0 aliphatic carbocycles. The number of nitrogens with zero attached hydrogens (tertiary/aromatic N) is 2. The van der Waals surface area contributed by atoms with Crippen molar-refractivity contribution in [2.45, 2.75) is 33.7 Å². The number of carbonyl (C=O) groups is 1. The molecule has 120 valence electrons. The highest BCUT2D eigenvalue weighted by Gasteiger charge is 2.27. The number of H-pyrrole nitrogens is 1. The molecule has 0 saturated heterocycles. The molecule has 2 rings (SSSR count). The predicted molar refractivity (Wildman–Crippen MR) is 89.9 cm³/mol. The van der Waals surface area contributed by atoms with Crippen LogP contribution in [0.25, 0.3) is 11.4 Å². The summed E-state index contributed by atoms with van der Waals surface area (Å²) in [6.45, 7) is 7.64. The van der Waals surface area contributed by atoms with Gasteiger partial charge in [0.15, 0.2) is 5.82 Å². The molecule has 1 heterocycles. The number of carbonyl (C=O) groups excluding carboxylic acids is 1. The van der Waals surface area contributed by atoms with Crippen LogP contribution in [0.4, 0.5) is 5.69 Å². The van der Waals surface area contributed by atoms with Gasteiger partial charge in [-0.3, -0.25) is 9.89 Å². The fourth-order valence-corrected chi connectivity index (χ4v) is 1.82. The number of hydrogen-bond acceptors (Lipinski definition) is 4. The summed E-state index contributed by atoms with van der Waals surface area (Å²) >= 11 is 0. The van der Waals surface area contributed by atoms with E-state index in [1.54, 1.807) is 0 Å². The molecule has 7 heteroatoms. The lowest BCUT2D eigenvalue weighted by molar-refractivity contribution is -0.119. The maximum Gasteiger partial charge on any atom is 0.241 e. The number of halogens is 1. The quantitative estimate of drug-likeness (QED) is 0.808. The van der Waals surface area contributed by atoms with Gasteiger partial charge in [0.05, 0.1) is 6.04 Å². The Morgan fingerprint density at radius 3 is 2.59 bits per heavy atom. The Kier molecular flexibility index (Phi) is 5.68. The number of aryl methyl sites for hydroxylation is 1. The highest BCUT2D eigenvalue weighted by Crippen LogP contribution is 2.22. The Bertz CT molecular complexity index is 647. The summed E-state index contributed by atoms with van der Waals surface area (Å²) in [5.41, 5.74) is 7.18. The number of amides is 1. The second-order valence-electron chi connectivity index (χ2n) is 6.16. The Hall–Kier alpha value is -1.92. The number of aromatic amines is 1. The van der Waals surface area contributed by atoms with Gasteiger partial charge in [-0.25, -0.2) is 4.98 Å². The molecular formula is C15H22ClN5O. The first-order valence-corrected chi connectivity index (χ1v) is 6.83. The lowest BCUT2D eigenvalue weighted by Gasteiger charge is -2.25. The summed E-state index contributed by atoms with van der Waals surface area (Å²) in [6, 6.07) is 6.81. The topological polar surface area (TPSA) is 96.7 Å². The molecule has 0 saturated carbocycles. The van der Waals surface area contributed by atoms with E-state index in [9.17, 15) is 4.79 Å². The predicted octanol–water partition coefficient (Wildman–Crippen LogP) is 2.51. The van der Waals surface area contributed by atoms with Crippen LogP contribution < -0.4 is 11.1 Å². The molecule has 1 aromatic carbocycles. The molecule has 1 atom stereocenters. The van der Waals surface area contributed by atoms with E-state index in [4.69, 9.17) is 5.73 Å². The third kappa shape index (κ3) is 4.29. The van der Waals surface area contributed by atoms with Crippen LogP contribution in [0.5, 0.6) is 0 Å². The molecule has 4 N–H and O–H groups in total. The van der Waals surface area contributed by atoms with Gasteiger partial charge < -0.3 is 11.1 Å². The zero-order valence-corrected chi connectivity index (χ0v) is 14.0. The SMILES string of the molecule is Cc1nc(-c2cccc(NC(=O)[C@@H](N)C(C)(C)C)c2)n[nH]1.Cl. The average Bonchev–Trinajstić information content (AvgIpc) is 2.84. The third-order valence-corrected chi connectivity index (χ3v) is 3.20. The second-order valence-corrected chi connectivity index (χ2v) is 6.16. The molecule has 0 spiro atoms. The van der Waals surface area contributed by atoms with E-state index in [0.29, 0.717) is 11.5 Å². The summed E-state index contributed by atoms with van der Waals surface area (Å²) in [7, 11) is 0. The molecule has 0 radical (unpaired) electrons. The molecule has 1 amide bonds. The lowest BCUT2D eigenvalue weighted by atomic mass is 9.87. The van der Waals surface area contributed by atoms with Crippen LogP contribution in [0.3, 0.4) is 0 Å². The summed E-state index contributed by atoms with van der Waals surface area (Å²) in [6.07, 6.45) is 0. The van der Waals surface area contributed by atoms with Gasteiger partial charge in [-0.2, -0.15) is 5.10 Å². The van der Waals surface area contributed by atoms with Crippen LogP contribution in [0.2, 0.25) is 0 Å². The van der Waals surface area contributed by atoms with Crippen molar-refractivity contribution in [1.82, 2.24) is 15.2 Å². The Balaban J connectivity index is 0.00000242. The van der Waals surface area contributed by atoms with Crippen molar-refractivity contribution >= 4 is 24.0 Å². The van der Waals surface area contributed by atoms with Crippen LogP contribution >= 0.6 is 12.4 Å². The molecular weight excluding hydrogens is 302 g/mol. The zero-order valence-electron chi connectivity index (χ0n) is 13.2. The number of nitrogens with two attached hydrogens (primary N) is 1. The van der Waals surface area contributed by atoms with Crippen LogP contribution in [0, 0.1) is 12.3 Å². The Morgan fingerprint density at radius 2 is 2.05 bits per heavy atom. The van der Waals surface area contributed by atoms with E-state index in [2.05, 4.69) is 20.5 Å². The van der Waals surface area contributed by atoms with Crippen molar-refractivity contribution in [2.75, 3.05) is 5.32 Å². The molecule has 0 unspecified atom stereocenters. The summed E-state index contributed by atoms with van der Waals surface area (Å²) in [5.74, 6) is 1.14. The molecule has 0 aliphatic rings. The van der Waals surface area contributed by atoms with Crippen LogP contribution in [0.15, 0.2) is 24.3 Å². The van der Waals surface area contributed by atoms with Crippen molar-refractivity contribution in [1.29, 1.82) is 0 Å². The minimum Gasteiger partial charge on any atom is -0.325 e. The highest BCUT2D eigenvalue weighted by molar-refractivity contribution is 5.95. The fraction of sp³-hybridized carbons (Fsp3) is 0.400. The Morgan fingerprint density at radius 1 is 1.36 bits per heavy atom. The van der Waals surface area contributed by atoms with Gasteiger partial charge in [0.2, 0.25) is 5.91 Å². The van der Waals surface area contributed by atoms with E-state index < -0.39 is 6.04 Å². The van der Waals surface area contributed by atoms with Gasteiger partial charge in [0.1, 0.15) is 5.82 Å². The first-order chi connectivity index (χ1) is 9.77. The highest BCUT2D eigenvalue weighted by atomic mass is 35.5. The number of benzene rings is 1. The first-order valence-electron chi connectivity index (χ1n) is 6.83. The largest absolute Gasteiger partial charge is 0.325 e. The smallest absolute Gasteiger partial charge is 0.241 e. The fourth-order valence-electron chi connectivity index (χ4n) is 1.82. The zero-order chi connectivity index (χ0) is 15.6. The van der Waals surface area contributed by atoms with Crippen LogP contribution in [-0.4, -0.2) is 27.1 Å². The van der Waals surface area contributed by atoms with Crippen molar-refractivity contribution in [3.05, 3.63) is 30.1 Å². The monoisotopic (exact) mass is 323 g/mol. The minimum absolute atomic E-state index is 0. The third-order valence-electron chi connectivity index (χ3n) is 3.20. The molecule has 1 aromatic heterocycles. The first kappa shape index (κ1) is 18.1. The van der Waals surface area contributed by atoms with Gasteiger partial charge >= 0.3 is 0 Å². The summed E-state index contributed by atoms with van der Waals surface area (Å²) in [5, 5.41) is 9.74. The van der Waals surface area contributed by atoms with E-state index in [1.807, 2.05) is 52.0 Å². The van der Waals surface area contributed by atoms with Gasteiger partial charge in [-0.1, -0.05) is 32.9 Å². The molecule has 2 aromatic rings. The number of aromatic nitrogens is 3. The number of anilines is 1. The summed E-state index contributed by atoms with van der Waals surface area (Å²) in [4.78, 5) is 16.4. The number of rotatable bonds is 3. The Labute approximate surface area is 136 Å². The molecule has 0 aliphatic heterocycles. The normalized spacial score (nSPS) is 12.4. The van der Waals surface area contributed by atoms with Gasteiger partial charge in [0, 0.05) is 11.3 Å². The van der Waals surface area contributed by atoms with E-state index >= 15 is 0 Å². The van der Waals surface area contributed by atoms with E-state index in [1.165, 1.54) is 0 Å². The lowest BCUT2D eigenvalue weighted by Crippen LogP contribution is -2.45. The van der Waals surface area contributed by atoms with Crippen molar-refractivity contribution in [2.24, 2.45) is 11.1 Å². The maximum absolute atomic E-state index is 12.1. The minimum atomic E-state index is -0.577. The standard InChI is InChI=1S/C15H21N5O.ClH/c1-9-17-13(20-19-9)10-6-5-7-11(8-10)18-14(21)12(16)15(2,3)4;/h5-8,12H,16H2,1-4H3,(H,18,21)(H,17,19,20);1H/t12-;/m1./s1. The average molecular weight is 324 g/mol. The van der Waals surface area contributed by atoms with Crippen molar-refractivity contribution in [3.8, 4) is 11.4 Å². The van der Waals surface area contributed by atoms with Crippen molar-refractivity contribution < 1.29 is 4.79 Å². The second kappa shape index (κ2) is 6.89. The van der Waals surface area contributed by atoms with Gasteiger partial charge in [-0.05, 0) is 24.5 Å². The van der Waals surface area contributed by atoms with E-state index in [0.717, 1.165) is 11.4 Å². The van der Waals surface area contributed by atoms with Gasteiger partial charge in [-0.15, -0.1) is 12.4 Å². The number of hydrogen-bond donors (Lipinski definition) is 3. The van der Waals surface area contributed by atoms with Crippen LogP contribution in [-0.2, 0) is 4.79 Å². The van der Waals surface area contributed by atoms with Gasteiger partial charge in [0.25, 0.3) is 0 Å². The molecule has 22 heavy (non-hydrogen) atoms.